The van der Waals surface area contributed by atoms with Crippen molar-refractivity contribution >= 4 is 5.97 Å². The number of rotatable bonds is 4. The van der Waals surface area contributed by atoms with Crippen molar-refractivity contribution in [2.45, 2.75) is 43.6 Å². The third kappa shape index (κ3) is 4.04. The van der Waals surface area contributed by atoms with Gasteiger partial charge in [0.25, 0.3) is 5.97 Å². The summed E-state index contributed by atoms with van der Waals surface area (Å²) in [5.74, 6) is 0.0461. The van der Waals surface area contributed by atoms with Crippen LogP contribution in [0.25, 0.3) is 0 Å². The van der Waals surface area contributed by atoms with E-state index in [1.807, 2.05) is 12.1 Å². The van der Waals surface area contributed by atoms with E-state index in [-0.39, 0.29) is 5.41 Å². The Morgan fingerprint density at radius 2 is 1.62 bits per heavy atom. The van der Waals surface area contributed by atoms with Gasteiger partial charge >= 0.3 is 0 Å². The number of carboxylic acid groups (broad SMARTS) is 1. The van der Waals surface area contributed by atoms with Gasteiger partial charge in [-0.25, -0.2) is 0 Å². The fraction of sp³-hybridized carbons (Fsp3) is 0.379. The highest BCUT2D eigenvalue weighted by Crippen LogP contribution is 2.60. The first kappa shape index (κ1) is 22.8. The highest BCUT2D eigenvalue weighted by atomic mass is 16.4. The molecule has 5 nitrogen and oxygen atoms in total. The summed E-state index contributed by atoms with van der Waals surface area (Å²) >= 11 is 0. The number of hydrogen-bond donors (Lipinski definition) is 2. The van der Waals surface area contributed by atoms with E-state index in [0.717, 1.165) is 45.0 Å². The van der Waals surface area contributed by atoms with Gasteiger partial charge in [0.2, 0.25) is 0 Å². The van der Waals surface area contributed by atoms with Crippen LogP contribution in [0.5, 0.6) is 0 Å². The first-order valence-corrected chi connectivity index (χ1v) is 12.2. The molecule has 0 radical (unpaired) electrons. The van der Waals surface area contributed by atoms with Gasteiger partial charge < -0.3 is 15.1 Å². The molecule has 1 aliphatic heterocycles. The van der Waals surface area contributed by atoms with Crippen LogP contribution in [0.15, 0.2) is 73.1 Å². The van der Waals surface area contributed by atoms with Crippen molar-refractivity contribution in [3.63, 3.8) is 0 Å². The molecule has 1 fully saturated rings. The van der Waals surface area contributed by atoms with Crippen LogP contribution in [0.3, 0.4) is 0 Å². The minimum Gasteiger partial charge on any atom is -0.481 e. The van der Waals surface area contributed by atoms with Gasteiger partial charge in [0, 0.05) is 37.2 Å². The molecule has 2 aromatic carbocycles. The minimum atomic E-state index is -0.833. The van der Waals surface area contributed by atoms with Crippen LogP contribution in [-0.2, 0) is 10.2 Å². The SMILES string of the molecule is CC(=O)O.OC(c1cccnc1)C1CCN(CC23CC(c4ccccc42)c2ccccc23)CC1. The second-order valence-corrected chi connectivity index (χ2v) is 9.88. The number of piperidine rings is 1. The third-order valence-electron chi connectivity index (χ3n) is 7.85. The van der Waals surface area contributed by atoms with Crippen molar-refractivity contribution in [3.05, 3.63) is 101 Å². The molecule has 0 amide bonds. The number of fused-ring (bicyclic) bond motifs is 8. The lowest BCUT2D eigenvalue weighted by atomic mass is 9.74. The van der Waals surface area contributed by atoms with Gasteiger partial charge in [-0.15, -0.1) is 0 Å². The van der Waals surface area contributed by atoms with E-state index in [1.54, 1.807) is 23.5 Å². The monoisotopic (exact) mass is 456 g/mol. The van der Waals surface area contributed by atoms with Crippen molar-refractivity contribution < 1.29 is 15.0 Å². The van der Waals surface area contributed by atoms with Crippen LogP contribution in [0.2, 0.25) is 0 Å². The van der Waals surface area contributed by atoms with Gasteiger partial charge in [0.15, 0.2) is 0 Å². The summed E-state index contributed by atoms with van der Waals surface area (Å²) in [5, 5.41) is 18.2. The van der Waals surface area contributed by atoms with E-state index in [1.165, 1.54) is 17.5 Å². The molecule has 1 aromatic heterocycles. The van der Waals surface area contributed by atoms with E-state index in [9.17, 15) is 5.11 Å². The summed E-state index contributed by atoms with van der Waals surface area (Å²) < 4.78 is 0. The van der Waals surface area contributed by atoms with Crippen molar-refractivity contribution in [1.82, 2.24) is 9.88 Å². The summed E-state index contributed by atoms with van der Waals surface area (Å²) in [5.41, 5.74) is 7.26. The zero-order valence-corrected chi connectivity index (χ0v) is 19.6. The number of aliphatic carboxylic acids is 1. The number of pyridine rings is 1. The van der Waals surface area contributed by atoms with Crippen LogP contribution in [0.1, 0.15) is 66.0 Å². The average molecular weight is 457 g/mol. The smallest absolute Gasteiger partial charge is 0.300 e. The van der Waals surface area contributed by atoms with Gasteiger partial charge in [-0.2, -0.15) is 0 Å². The lowest BCUT2D eigenvalue weighted by Crippen LogP contribution is -2.44. The molecule has 2 heterocycles. The van der Waals surface area contributed by atoms with E-state index in [2.05, 4.69) is 58.4 Å². The molecule has 34 heavy (non-hydrogen) atoms. The van der Waals surface area contributed by atoms with Crippen molar-refractivity contribution in [1.29, 1.82) is 0 Å². The van der Waals surface area contributed by atoms with E-state index >= 15 is 0 Å². The molecule has 1 atom stereocenters. The molecule has 2 aliphatic carbocycles. The van der Waals surface area contributed by atoms with Crippen LogP contribution in [0.4, 0.5) is 0 Å². The van der Waals surface area contributed by atoms with Crippen molar-refractivity contribution in [2.75, 3.05) is 19.6 Å². The maximum atomic E-state index is 10.8. The molecule has 3 aliphatic rings. The summed E-state index contributed by atoms with van der Waals surface area (Å²) in [7, 11) is 0. The number of benzene rings is 2. The number of aliphatic hydroxyl groups excluding tert-OH is 1. The molecular weight excluding hydrogens is 424 g/mol. The summed E-state index contributed by atoms with van der Waals surface area (Å²) in [4.78, 5) is 15.8. The average Bonchev–Trinajstić information content (AvgIpc) is 3.37. The largest absolute Gasteiger partial charge is 0.481 e. The van der Waals surface area contributed by atoms with Gasteiger partial charge in [-0.3, -0.25) is 9.78 Å². The number of aromatic nitrogens is 1. The first-order chi connectivity index (χ1) is 16.5. The van der Waals surface area contributed by atoms with Crippen LogP contribution >= 0.6 is 0 Å². The molecule has 176 valence electrons. The first-order valence-electron chi connectivity index (χ1n) is 12.2. The Bertz CT molecular complexity index is 1100. The topological polar surface area (TPSA) is 73.7 Å². The summed E-state index contributed by atoms with van der Waals surface area (Å²) in [6.07, 6.45) is 6.47. The molecule has 2 bridgehead atoms. The summed E-state index contributed by atoms with van der Waals surface area (Å²) in [6, 6.07) is 22.1. The van der Waals surface area contributed by atoms with Gasteiger partial charge in [0.1, 0.15) is 0 Å². The van der Waals surface area contributed by atoms with E-state index in [4.69, 9.17) is 9.90 Å². The molecule has 0 saturated carbocycles. The summed E-state index contributed by atoms with van der Waals surface area (Å²) in [6.45, 7) is 4.28. The maximum Gasteiger partial charge on any atom is 0.300 e. The van der Waals surface area contributed by atoms with E-state index < -0.39 is 12.1 Å². The zero-order valence-electron chi connectivity index (χ0n) is 19.6. The Hall–Kier alpha value is -3.02. The van der Waals surface area contributed by atoms with Gasteiger partial charge in [-0.1, -0.05) is 54.6 Å². The molecule has 2 N–H and O–H groups in total. The molecule has 0 spiro atoms. The Morgan fingerprint density at radius 1 is 1.03 bits per heavy atom. The van der Waals surface area contributed by atoms with Crippen molar-refractivity contribution in [3.8, 4) is 0 Å². The predicted octanol–water partition coefficient (Wildman–Crippen LogP) is 4.75. The number of likely N-dealkylation sites (tertiary alicyclic amines) is 1. The van der Waals surface area contributed by atoms with Crippen LogP contribution < -0.4 is 0 Å². The zero-order chi connectivity index (χ0) is 23.7. The Labute approximate surface area is 201 Å². The number of aliphatic hydroxyl groups is 1. The number of carbonyl (C=O) groups is 1. The fourth-order valence-corrected chi connectivity index (χ4v) is 6.44. The van der Waals surface area contributed by atoms with Crippen LogP contribution in [-0.4, -0.2) is 45.7 Å². The lowest BCUT2D eigenvalue weighted by Gasteiger charge is -2.40. The van der Waals surface area contributed by atoms with Gasteiger partial charge in [-0.05, 0) is 72.2 Å². The Morgan fingerprint density at radius 3 is 2.18 bits per heavy atom. The molecule has 5 heteroatoms. The molecule has 6 rings (SSSR count). The standard InChI is InChI=1S/C27H28N2O.C2H4O2/c30-26(20-6-5-13-28-17-20)19-11-14-29(15-12-19)18-27-16-23(21-7-1-3-9-24(21)27)22-8-2-4-10-25(22)27;1-2(3)4/h1-10,13,17,19,23,26,30H,11-12,14-16,18H2;1H3,(H,3,4). The molecule has 1 unspecified atom stereocenters. The Kier molecular flexibility index (Phi) is 6.24. The van der Waals surface area contributed by atoms with Crippen molar-refractivity contribution in [2.24, 2.45) is 5.92 Å². The molecule has 3 aromatic rings. The molecular formula is C29H32N2O3. The third-order valence-corrected chi connectivity index (χ3v) is 7.85. The highest BCUT2D eigenvalue weighted by molar-refractivity contribution is 5.63. The number of nitrogens with zero attached hydrogens (tertiary/aromatic N) is 2. The predicted molar refractivity (Wildman–Crippen MR) is 132 cm³/mol. The second kappa shape index (κ2) is 9.32. The second-order valence-electron chi connectivity index (χ2n) is 9.88. The maximum absolute atomic E-state index is 10.8. The number of carboxylic acids is 1. The lowest BCUT2D eigenvalue weighted by molar-refractivity contribution is -0.134. The Balaban J connectivity index is 0.000000560. The molecule has 1 saturated heterocycles. The fourth-order valence-electron chi connectivity index (χ4n) is 6.44. The normalized spacial score (nSPS) is 24.0. The van der Waals surface area contributed by atoms with E-state index in [0.29, 0.717) is 11.8 Å². The highest BCUT2D eigenvalue weighted by Gasteiger charge is 2.53. The van der Waals surface area contributed by atoms with Crippen LogP contribution in [0, 0.1) is 5.92 Å². The quantitative estimate of drug-likeness (QED) is 0.593. The minimum absolute atomic E-state index is 0.132. The van der Waals surface area contributed by atoms with Gasteiger partial charge in [0.05, 0.1) is 6.10 Å². The number of hydrogen-bond acceptors (Lipinski definition) is 4.